The molecular weight excluding hydrogens is 1020 g/mol. The molecule has 0 unspecified atom stereocenters. The number of unbranched alkanes of at least 4 members (excludes halogenated alkanes) is 8. The lowest BCUT2D eigenvalue weighted by Gasteiger charge is -2.35. The molecule has 0 amide bonds. The number of para-hydroxylation sites is 2. The van der Waals surface area contributed by atoms with Crippen LogP contribution >= 0.6 is 0 Å². The Hall–Kier alpha value is -8.40. The van der Waals surface area contributed by atoms with Crippen molar-refractivity contribution in [2.75, 3.05) is 4.90 Å². The molecule has 416 valence electrons. The summed E-state index contributed by atoms with van der Waals surface area (Å²) in [5.74, 6) is 0. The van der Waals surface area contributed by atoms with E-state index in [0.717, 1.165) is 46.5 Å². The molecular formula is C81H75NO2. The number of nitrogens with zero attached hydrogens (tertiary/aromatic N) is 1. The van der Waals surface area contributed by atoms with Gasteiger partial charge in [0.05, 0.1) is 0 Å². The van der Waals surface area contributed by atoms with Gasteiger partial charge in [0.1, 0.15) is 22.3 Å². The van der Waals surface area contributed by atoms with Crippen molar-refractivity contribution in [3.8, 4) is 55.6 Å². The molecule has 84 heavy (non-hydrogen) atoms. The Bertz CT molecular complexity index is 4500. The van der Waals surface area contributed by atoms with Gasteiger partial charge in [-0.3, -0.25) is 0 Å². The number of fused-ring (bicyclic) bond motifs is 19. The third-order valence-corrected chi connectivity index (χ3v) is 20.1. The molecule has 3 nitrogen and oxygen atoms in total. The van der Waals surface area contributed by atoms with Crippen molar-refractivity contribution in [3.63, 3.8) is 0 Å². The second-order valence-corrected chi connectivity index (χ2v) is 25.7. The van der Waals surface area contributed by atoms with Crippen LogP contribution in [0.25, 0.3) is 99.5 Å². The molecule has 2 aromatic heterocycles. The molecule has 2 heterocycles. The van der Waals surface area contributed by atoms with E-state index < -0.39 is 0 Å². The highest BCUT2D eigenvalue weighted by Crippen LogP contribution is 2.65. The fourth-order valence-corrected chi connectivity index (χ4v) is 16.1. The van der Waals surface area contributed by atoms with Gasteiger partial charge in [0.25, 0.3) is 0 Å². The molecule has 0 spiro atoms. The Morgan fingerprint density at radius 1 is 0.345 bits per heavy atom. The number of rotatable bonds is 17. The van der Waals surface area contributed by atoms with Gasteiger partial charge in [0, 0.05) is 66.0 Å². The summed E-state index contributed by atoms with van der Waals surface area (Å²) in [6, 6.07) is 75.4. The average Bonchev–Trinajstić information content (AvgIpc) is 1.67. The Labute approximate surface area is 496 Å². The Morgan fingerprint density at radius 3 is 1.46 bits per heavy atom. The molecule has 3 heteroatoms. The fraction of sp³-hybridized carbons (Fsp3) is 0.259. The zero-order valence-corrected chi connectivity index (χ0v) is 49.8. The van der Waals surface area contributed by atoms with E-state index >= 15 is 0 Å². The number of hydrogen-bond acceptors (Lipinski definition) is 3. The van der Waals surface area contributed by atoms with Crippen LogP contribution in [-0.2, 0) is 16.2 Å². The van der Waals surface area contributed by atoms with Crippen molar-refractivity contribution in [3.05, 3.63) is 234 Å². The summed E-state index contributed by atoms with van der Waals surface area (Å²) in [6.07, 6.45) is 14.6. The molecule has 0 fully saturated rings. The standard InChI is InChI=1S/C81H75NO2/c1-7-9-11-13-27-47-81(48-28-14-12-10-8-2)66-50-57(44-46-60(66)70-67(81)51-63(54-31-19-16-20-32-54)77-72(70)61-34-22-25-37-68(61)83-77)82(55-41-39-53(40-42-55)52-29-17-15-18-30-52)56-43-45-59-65(49-56)80(5,6)75-71(59)73-62-35-23-26-38-69(62)84-78(73)74-58-33-21-24-36-64(58)79(3,4)76(74)75/h15-26,29-46,49-51H,7-14,27-28,47-48H2,1-6H3. The quantitative estimate of drug-likeness (QED) is 0.0851. The molecule has 0 radical (unpaired) electrons. The van der Waals surface area contributed by atoms with Gasteiger partial charge >= 0.3 is 0 Å². The maximum atomic E-state index is 7.09. The van der Waals surface area contributed by atoms with Crippen LogP contribution in [0.4, 0.5) is 17.1 Å². The van der Waals surface area contributed by atoms with Crippen LogP contribution in [0, 0.1) is 0 Å². The molecule has 0 atom stereocenters. The van der Waals surface area contributed by atoms with E-state index in [1.54, 1.807) is 0 Å². The Morgan fingerprint density at radius 2 is 0.821 bits per heavy atom. The van der Waals surface area contributed by atoms with Crippen molar-refractivity contribution in [1.29, 1.82) is 0 Å². The minimum atomic E-state index is -0.348. The molecule has 0 saturated heterocycles. The molecule has 0 bridgehead atoms. The molecule has 12 aromatic rings. The summed E-state index contributed by atoms with van der Waals surface area (Å²) < 4.78 is 14.2. The first-order chi connectivity index (χ1) is 41.1. The molecule has 0 N–H and O–H groups in total. The predicted molar refractivity (Wildman–Crippen MR) is 355 cm³/mol. The lowest BCUT2D eigenvalue weighted by atomic mass is 9.70. The first-order valence-electron chi connectivity index (χ1n) is 31.5. The maximum Gasteiger partial charge on any atom is 0.144 e. The summed E-state index contributed by atoms with van der Waals surface area (Å²) in [6.45, 7) is 14.5. The number of benzene rings is 10. The fourth-order valence-electron chi connectivity index (χ4n) is 16.1. The Kier molecular flexibility index (Phi) is 12.8. The zero-order valence-electron chi connectivity index (χ0n) is 49.8. The second-order valence-electron chi connectivity index (χ2n) is 25.7. The van der Waals surface area contributed by atoms with Crippen molar-refractivity contribution < 1.29 is 8.83 Å². The molecule has 0 saturated carbocycles. The highest BCUT2D eigenvalue weighted by Gasteiger charge is 2.49. The van der Waals surface area contributed by atoms with Crippen molar-refractivity contribution in [1.82, 2.24) is 0 Å². The maximum absolute atomic E-state index is 7.09. The molecule has 15 rings (SSSR count). The van der Waals surface area contributed by atoms with Crippen LogP contribution in [0.2, 0.25) is 0 Å². The number of hydrogen-bond donors (Lipinski definition) is 0. The van der Waals surface area contributed by atoms with Gasteiger partial charge in [0.15, 0.2) is 0 Å². The normalized spacial score (nSPS) is 14.7. The minimum absolute atomic E-state index is 0.219. The van der Waals surface area contributed by atoms with Gasteiger partial charge in [-0.2, -0.15) is 0 Å². The molecule has 3 aliphatic carbocycles. The lowest BCUT2D eigenvalue weighted by molar-refractivity contribution is 0.399. The number of anilines is 3. The SMILES string of the molecule is CCCCCCCC1(CCCCCCC)c2cc(N(c3ccc(-c4ccccc4)cc3)c3ccc4c(c3)C(C)(C)c3c5c(c6oc7ccccc7c6c3-4)-c3ccccc3C5(C)C)ccc2-c2c1cc(-c1ccccc1)c1oc3ccccc3c21. The monoisotopic (exact) mass is 1090 g/mol. The lowest BCUT2D eigenvalue weighted by Crippen LogP contribution is -2.26. The van der Waals surface area contributed by atoms with Gasteiger partial charge < -0.3 is 13.7 Å². The minimum Gasteiger partial charge on any atom is -0.455 e. The highest BCUT2D eigenvalue weighted by molar-refractivity contribution is 6.21. The van der Waals surface area contributed by atoms with Crippen LogP contribution in [0.15, 0.2) is 209 Å². The van der Waals surface area contributed by atoms with Crippen molar-refractivity contribution >= 4 is 60.9 Å². The average molecular weight is 1090 g/mol. The van der Waals surface area contributed by atoms with E-state index in [2.05, 4.69) is 247 Å². The summed E-state index contributed by atoms with van der Waals surface area (Å²) >= 11 is 0. The Balaban J connectivity index is 0.967. The van der Waals surface area contributed by atoms with E-state index in [1.165, 1.54) is 180 Å². The first kappa shape index (κ1) is 52.4. The molecule has 3 aliphatic rings. The van der Waals surface area contributed by atoms with Gasteiger partial charge in [-0.25, -0.2) is 0 Å². The topological polar surface area (TPSA) is 29.5 Å². The van der Waals surface area contributed by atoms with Crippen molar-refractivity contribution in [2.24, 2.45) is 0 Å². The third kappa shape index (κ3) is 7.97. The number of furan rings is 2. The van der Waals surface area contributed by atoms with Crippen molar-refractivity contribution in [2.45, 2.75) is 135 Å². The van der Waals surface area contributed by atoms with E-state index in [1.807, 2.05) is 0 Å². The second kappa shape index (κ2) is 20.4. The molecule has 10 aromatic carbocycles. The van der Waals surface area contributed by atoms with Crippen LogP contribution in [0.5, 0.6) is 0 Å². The van der Waals surface area contributed by atoms with Crippen LogP contribution in [-0.4, -0.2) is 0 Å². The van der Waals surface area contributed by atoms with Gasteiger partial charge in [-0.1, -0.05) is 251 Å². The third-order valence-electron chi connectivity index (χ3n) is 20.1. The summed E-state index contributed by atoms with van der Waals surface area (Å²) in [4.78, 5) is 2.58. The first-order valence-corrected chi connectivity index (χ1v) is 31.5. The van der Waals surface area contributed by atoms with E-state index in [-0.39, 0.29) is 16.2 Å². The van der Waals surface area contributed by atoms with Gasteiger partial charge in [-0.05, 0) is 145 Å². The smallest absolute Gasteiger partial charge is 0.144 e. The summed E-state index contributed by atoms with van der Waals surface area (Å²) in [5.41, 5.74) is 27.7. The zero-order chi connectivity index (χ0) is 56.9. The molecule has 0 aliphatic heterocycles. The highest BCUT2D eigenvalue weighted by atomic mass is 16.3. The van der Waals surface area contributed by atoms with Crippen LogP contribution in [0.3, 0.4) is 0 Å². The summed E-state index contributed by atoms with van der Waals surface area (Å²) in [5, 5.41) is 4.85. The van der Waals surface area contributed by atoms with Gasteiger partial charge in [0.2, 0.25) is 0 Å². The van der Waals surface area contributed by atoms with Crippen LogP contribution in [0.1, 0.15) is 152 Å². The van der Waals surface area contributed by atoms with E-state index in [4.69, 9.17) is 8.83 Å². The summed E-state index contributed by atoms with van der Waals surface area (Å²) in [7, 11) is 0. The van der Waals surface area contributed by atoms with E-state index in [9.17, 15) is 0 Å². The van der Waals surface area contributed by atoms with E-state index in [0.29, 0.717) is 0 Å². The van der Waals surface area contributed by atoms with Crippen LogP contribution < -0.4 is 4.90 Å². The largest absolute Gasteiger partial charge is 0.455 e. The predicted octanol–water partition coefficient (Wildman–Crippen LogP) is 23.9. The van der Waals surface area contributed by atoms with Gasteiger partial charge in [-0.15, -0.1) is 0 Å².